The number of anilines is 1. The standard InChI is InChI=1S/C24H24BCl2N5O2S/c25-20-14-29-32-23(12-22(30-24(20)32)19-8-1-2-9-21(19)27)28-13-16-5-4-10-31(15-16)35(33,34)18-7-3-6-17(26)11-18/h1-3,6-9,11-12,14,16,28H,4-5,10,13,15,25H2. The lowest BCUT2D eigenvalue weighted by Gasteiger charge is -2.32. The number of piperidine rings is 1. The van der Waals surface area contributed by atoms with E-state index in [1.54, 1.807) is 33.2 Å². The van der Waals surface area contributed by atoms with Crippen LogP contribution in [0.1, 0.15) is 12.8 Å². The molecule has 5 rings (SSSR count). The van der Waals surface area contributed by atoms with Crippen molar-refractivity contribution in [3.63, 3.8) is 0 Å². The summed E-state index contributed by atoms with van der Waals surface area (Å²) < 4.78 is 29.7. The van der Waals surface area contributed by atoms with E-state index in [9.17, 15) is 8.42 Å². The van der Waals surface area contributed by atoms with E-state index >= 15 is 0 Å². The molecule has 1 atom stereocenters. The zero-order valence-electron chi connectivity index (χ0n) is 19.2. The first kappa shape index (κ1) is 24.1. The highest BCUT2D eigenvalue weighted by Crippen LogP contribution is 2.29. The van der Waals surface area contributed by atoms with E-state index in [1.165, 1.54) is 6.07 Å². The van der Waals surface area contributed by atoms with E-state index in [1.807, 2.05) is 38.2 Å². The Kier molecular flexibility index (Phi) is 6.76. The van der Waals surface area contributed by atoms with Crippen molar-refractivity contribution >= 4 is 58.0 Å². The number of benzene rings is 2. The molecule has 180 valence electrons. The molecule has 35 heavy (non-hydrogen) atoms. The molecule has 11 heteroatoms. The zero-order valence-corrected chi connectivity index (χ0v) is 21.5. The molecular weight excluding hydrogens is 504 g/mol. The molecule has 0 spiro atoms. The quantitative estimate of drug-likeness (QED) is 0.388. The van der Waals surface area contributed by atoms with Crippen LogP contribution in [0.3, 0.4) is 0 Å². The Balaban J connectivity index is 1.38. The highest BCUT2D eigenvalue weighted by Gasteiger charge is 2.30. The summed E-state index contributed by atoms with van der Waals surface area (Å²) >= 11 is 12.5. The van der Waals surface area contributed by atoms with Crippen molar-refractivity contribution in [1.82, 2.24) is 18.9 Å². The van der Waals surface area contributed by atoms with Crippen LogP contribution in [0.5, 0.6) is 0 Å². The monoisotopic (exact) mass is 527 g/mol. The lowest BCUT2D eigenvalue weighted by Crippen LogP contribution is -2.41. The van der Waals surface area contributed by atoms with Gasteiger partial charge in [0.25, 0.3) is 0 Å². The topological polar surface area (TPSA) is 79.6 Å². The fraction of sp³-hybridized carbons (Fsp3) is 0.250. The van der Waals surface area contributed by atoms with Gasteiger partial charge in [-0.05, 0) is 48.5 Å². The molecule has 1 unspecified atom stereocenters. The van der Waals surface area contributed by atoms with Gasteiger partial charge in [0.2, 0.25) is 10.0 Å². The van der Waals surface area contributed by atoms with Crippen molar-refractivity contribution in [3.05, 3.63) is 70.8 Å². The lowest BCUT2D eigenvalue weighted by molar-refractivity contribution is 0.275. The summed E-state index contributed by atoms with van der Waals surface area (Å²) in [5.74, 6) is 0.925. The number of fused-ring (bicyclic) bond motifs is 1. The molecule has 1 aliphatic heterocycles. The number of aromatic nitrogens is 3. The summed E-state index contributed by atoms with van der Waals surface area (Å²) in [6, 6.07) is 16.0. The van der Waals surface area contributed by atoms with E-state index in [0.717, 1.165) is 41.0 Å². The SMILES string of the molecule is Bc1cnn2c(NCC3CCCN(S(=O)(=O)c4cccc(Cl)c4)C3)cc(-c3ccccc3Cl)nc12. The first-order valence-corrected chi connectivity index (χ1v) is 13.6. The minimum Gasteiger partial charge on any atom is -0.370 e. The van der Waals surface area contributed by atoms with E-state index in [2.05, 4.69) is 10.4 Å². The van der Waals surface area contributed by atoms with Gasteiger partial charge >= 0.3 is 0 Å². The van der Waals surface area contributed by atoms with Gasteiger partial charge in [0.05, 0.1) is 10.6 Å². The molecule has 0 bridgehead atoms. The van der Waals surface area contributed by atoms with E-state index in [-0.39, 0.29) is 10.8 Å². The van der Waals surface area contributed by atoms with Crippen LogP contribution >= 0.6 is 23.2 Å². The fourth-order valence-corrected chi connectivity index (χ4v) is 6.53. The van der Waals surface area contributed by atoms with E-state index < -0.39 is 10.0 Å². The summed E-state index contributed by atoms with van der Waals surface area (Å²) in [5, 5.41) is 9.01. The first-order chi connectivity index (χ1) is 16.8. The van der Waals surface area contributed by atoms with E-state index in [4.69, 9.17) is 28.2 Å². The molecule has 1 N–H and O–H groups in total. The van der Waals surface area contributed by atoms with Gasteiger partial charge in [-0.25, -0.2) is 13.4 Å². The van der Waals surface area contributed by atoms with Gasteiger partial charge in [-0.3, -0.25) is 0 Å². The Morgan fingerprint density at radius 1 is 1.11 bits per heavy atom. The van der Waals surface area contributed by atoms with Gasteiger partial charge < -0.3 is 5.32 Å². The molecule has 2 aromatic carbocycles. The lowest BCUT2D eigenvalue weighted by atomic mass is 9.99. The molecule has 4 aromatic rings. The summed E-state index contributed by atoms with van der Waals surface area (Å²) in [5.41, 5.74) is 3.30. The molecule has 1 fully saturated rings. The van der Waals surface area contributed by atoms with Crippen molar-refractivity contribution in [2.75, 3.05) is 25.0 Å². The third-order valence-corrected chi connectivity index (χ3v) is 8.71. The number of rotatable bonds is 6. The zero-order chi connectivity index (χ0) is 24.6. The number of nitrogens with zero attached hydrogens (tertiary/aromatic N) is 4. The Labute approximate surface area is 215 Å². The smallest absolute Gasteiger partial charge is 0.243 e. The molecule has 7 nitrogen and oxygen atoms in total. The molecule has 0 amide bonds. The van der Waals surface area contributed by atoms with Crippen LogP contribution in [0.2, 0.25) is 10.0 Å². The summed E-state index contributed by atoms with van der Waals surface area (Å²) in [4.78, 5) is 5.01. The maximum Gasteiger partial charge on any atom is 0.243 e. The fourth-order valence-electron chi connectivity index (χ4n) is 4.44. The molecule has 1 saturated heterocycles. The number of halogens is 2. The Morgan fingerprint density at radius 2 is 1.94 bits per heavy atom. The second kappa shape index (κ2) is 9.81. The van der Waals surface area contributed by atoms with Crippen LogP contribution in [0.15, 0.2) is 65.7 Å². The molecule has 0 radical (unpaired) electrons. The van der Waals surface area contributed by atoms with Gasteiger partial charge in [-0.2, -0.15) is 13.9 Å². The van der Waals surface area contributed by atoms with Crippen LogP contribution < -0.4 is 10.8 Å². The molecule has 3 heterocycles. The number of nitrogens with one attached hydrogen (secondary N) is 1. The number of sulfonamides is 1. The number of hydrogen-bond acceptors (Lipinski definition) is 5. The predicted octanol–water partition coefficient (Wildman–Crippen LogP) is 3.47. The maximum absolute atomic E-state index is 13.2. The molecule has 2 aromatic heterocycles. The van der Waals surface area contributed by atoms with Gasteiger partial charge in [0, 0.05) is 47.5 Å². The molecule has 0 saturated carbocycles. The molecular formula is C24H24BCl2N5O2S. The van der Waals surface area contributed by atoms with Crippen molar-refractivity contribution in [3.8, 4) is 11.3 Å². The number of hydrogen-bond donors (Lipinski definition) is 1. The minimum absolute atomic E-state index is 0.140. The third kappa shape index (κ3) is 4.91. The molecule has 0 aliphatic carbocycles. The largest absolute Gasteiger partial charge is 0.370 e. The van der Waals surface area contributed by atoms with Crippen molar-refractivity contribution in [2.45, 2.75) is 17.7 Å². The van der Waals surface area contributed by atoms with Crippen molar-refractivity contribution in [1.29, 1.82) is 0 Å². The summed E-state index contributed by atoms with van der Waals surface area (Å²) in [7, 11) is -1.63. The Bertz CT molecular complexity index is 1490. The van der Waals surface area contributed by atoms with Gasteiger partial charge in [0.1, 0.15) is 13.7 Å². The highest BCUT2D eigenvalue weighted by atomic mass is 35.5. The van der Waals surface area contributed by atoms with Crippen LogP contribution in [0.25, 0.3) is 16.9 Å². The average Bonchev–Trinajstić information content (AvgIpc) is 3.23. The Morgan fingerprint density at radius 3 is 2.74 bits per heavy atom. The third-order valence-electron chi connectivity index (χ3n) is 6.29. The summed E-state index contributed by atoms with van der Waals surface area (Å²) in [6.45, 7) is 1.53. The maximum atomic E-state index is 13.2. The van der Waals surface area contributed by atoms with Gasteiger partial charge in [-0.1, -0.05) is 47.5 Å². The van der Waals surface area contributed by atoms with E-state index in [0.29, 0.717) is 29.7 Å². The predicted molar refractivity (Wildman–Crippen MR) is 143 cm³/mol. The first-order valence-electron chi connectivity index (χ1n) is 11.4. The van der Waals surface area contributed by atoms with Crippen LogP contribution in [-0.4, -0.2) is 54.8 Å². The van der Waals surface area contributed by atoms with Gasteiger partial charge in [-0.15, -0.1) is 0 Å². The Hall–Kier alpha value is -2.59. The summed E-state index contributed by atoms with van der Waals surface area (Å²) in [6.07, 6.45) is 3.51. The average molecular weight is 528 g/mol. The second-order valence-corrected chi connectivity index (χ2v) is 11.6. The van der Waals surface area contributed by atoms with Crippen molar-refractivity contribution in [2.24, 2.45) is 5.92 Å². The highest BCUT2D eigenvalue weighted by molar-refractivity contribution is 7.89. The van der Waals surface area contributed by atoms with Gasteiger partial charge in [0.15, 0.2) is 5.65 Å². The normalized spacial score (nSPS) is 17.0. The molecule has 1 aliphatic rings. The minimum atomic E-state index is -3.60. The second-order valence-electron chi connectivity index (χ2n) is 8.78. The van der Waals surface area contributed by atoms with Crippen LogP contribution in [0, 0.1) is 5.92 Å². The van der Waals surface area contributed by atoms with Crippen molar-refractivity contribution < 1.29 is 8.42 Å². The van der Waals surface area contributed by atoms with Crippen LogP contribution in [0.4, 0.5) is 5.82 Å². The van der Waals surface area contributed by atoms with Crippen LogP contribution in [-0.2, 0) is 10.0 Å².